The van der Waals surface area contributed by atoms with Gasteiger partial charge in [0.2, 0.25) is 0 Å². The molecule has 0 spiro atoms. The number of hydrogen-bond acceptors (Lipinski definition) is 2. The van der Waals surface area contributed by atoms with Gasteiger partial charge in [0.1, 0.15) is 11.9 Å². The van der Waals surface area contributed by atoms with Crippen LogP contribution in [-0.2, 0) is 4.79 Å². The Morgan fingerprint density at radius 3 is 2.58 bits per heavy atom. The second kappa shape index (κ2) is 5.28. The molecular formula is C13H13BrFNO3. The summed E-state index contributed by atoms with van der Waals surface area (Å²) in [7, 11) is 0. The lowest BCUT2D eigenvalue weighted by atomic mass is 10.1. The first-order valence-corrected chi connectivity index (χ1v) is 6.71. The van der Waals surface area contributed by atoms with Crippen molar-refractivity contribution in [3.05, 3.63) is 34.1 Å². The number of carbonyl (C=O) groups excluding carboxylic acids is 1. The molecular weight excluding hydrogens is 317 g/mol. The van der Waals surface area contributed by atoms with E-state index in [0.717, 1.165) is 12.8 Å². The standard InChI is InChI=1S/C13H13BrFNO3/c1-7(13(18)19)16(9-3-4-9)12(17)8-2-5-11(15)10(14)6-8/h2,5-7,9H,3-4H2,1H3,(H,18,19). The second-order valence-electron chi connectivity index (χ2n) is 4.59. The Morgan fingerprint density at radius 1 is 1.47 bits per heavy atom. The van der Waals surface area contributed by atoms with Gasteiger partial charge in [0, 0.05) is 11.6 Å². The lowest BCUT2D eigenvalue weighted by Gasteiger charge is -2.26. The van der Waals surface area contributed by atoms with Crippen LogP contribution in [0.2, 0.25) is 0 Å². The van der Waals surface area contributed by atoms with Gasteiger partial charge in [0.25, 0.3) is 5.91 Å². The van der Waals surface area contributed by atoms with Crippen molar-refractivity contribution < 1.29 is 19.1 Å². The van der Waals surface area contributed by atoms with Crippen LogP contribution in [0.4, 0.5) is 4.39 Å². The van der Waals surface area contributed by atoms with E-state index in [0.29, 0.717) is 0 Å². The maximum Gasteiger partial charge on any atom is 0.326 e. The van der Waals surface area contributed by atoms with Gasteiger partial charge in [-0.25, -0.2) is 9.18 Å². The summed E-state index contributed by atoms with van der Waals surface area (Å²) < 4.78 is 13.3. The third kappa shape index (κ3) is 2.94. The molecule has 0 heterocycles. The molecule has 0 bridgehead atoms. The zero-order chi connectivity index (χ0) is 14.2. The van der Waals surface area contributed by atoms with Gasteiger partial charge >= 0.3 is 5.97 Å². The highest BCUT2D eigenvalue weighted by molar-refractivity contribution is 9.10. The predicted octanol–water partition coefficient (Wildman–Crippen LogP) is 2.67. The summed E-state index contributed by atoms with van der Waals surface area (Å²) in [5.41, 5.74) is 0.285. The minimum absolute atomic E-state index is 0.0255. The minimum atomic E-state index is -1.04. The highest BCUT2D eigenvalue weighted by Gasteiger charge is 2.38. The molecule has 1 atom stereocenters. The fourth-order valence-corrected chi connectivity index (χ4v) is 2.29. The first-order chi connectivity index (χ1) is 8.91. The molecule has 1 saturated carbocycles. The Labute approximate surface area is 118 Å². The van der Waals surface area contributed by atoms with Crippen molar-refractivity contribution in [3.8, 4) is 0 Å². The van der Waals surface area contributed by atoms with Crippen LogP contribution in [0.3, 0.4) is 0 Å². The van der Waals surface area contributed by atoms with Crippen LogP contribution in [0.1, 0.15) is 30.1 Å². The molecule has 102 valence electrons. The number of amides is 1. The number of benzene rings is 1. The van der Waals surface area contributed by atoms with Gasteiger partial charge in [-0.05, 0) is 53.9 Å². The molecule has 0 aliphatic heterocycles. The summed E-state index contributed by atoms with van der Waals surface area (Å²) in [4.78, 5) is 24.8. The SMILES string of the molecule is CC(C(=O)O)N(C(=O)c1ccc(F)c(Br)c1)C1CC1. The molecule has 1 amide bonds. The van der Waals surface area contributed by atoms with Crippen molar-refractivity contribution in [2.24, 2.45) is 0 Å². The van der Waals surface area contributed by atoms with E-state index >= 15 is 0 Å². The number of aliphatic carboxylic acids is 1. The molecule has 6 heteroatoms. The predicted molar refractivity (Wildman–Crippen MR) is 70.4 cm³/mol. The van der Waals surface area contributed by atoms with Crippen molar-refractivity contribution in [2.45, 2.75) is 31.8 Å². The maximum atomic E-state index is 13.2. The third-order valence-electron chi connectivity index (χ3n) is 3.12. The Morgan fingerprint density at radius 2 is 2.11 bits per heavy atom. The van der Waals surface area contributed by atoms with Crippen LogP contribution in [0, 0.1) is 5.82 Å². The topological polar surface area (TPSA) is 57.6 Å². The lowest BCUT2D eigenvalue weighted by molar-refractivity contribution is -0.141. The molecule has 1 aromatic rings. The van der Waals surface area contributed by atoms with E-state index in [1.807, 2.05) is 0 Å². The average Bonchev–Trinajstić information content (AvgIpc) is 3.17. The molecule has 19 heavy (non-hydrogen) atoms. The van der Waals surface area contributed by atoms with Crippen molar-refractivity contribution in [1.82, 2.24) is 4.90 Å². The quantitative estimate of drug-likeness (QED) is 0.923. The minimum Gasteiger partial charge on any atom is -0.480 e. The van der Waals surface area contributed by atoms with Crippen LogP contribution in [-0.4, -0.2) is 34.0 Å². The van der Waals surface area contributed by atoms with Gasteiger partial charge in [0.15, 0.2) is 0 Å². The number of carboxylic acid groups (broad SMARTS) is 1. The summed E-state index contributed by atoms with van der Waals surface area (Å²) in [6.45, 7) is 1.48. The van der Waals surface area contributed by atoms with Crippen LogP contribution in [0.25, 0.3) is 0 Å². The Hall–Kier alpha value is -1.43. The molecule has 1 unspecified atom stereocenters. The average molecular weight is 330 g/mol. The number of rotatable bonds is 4. The summed E-state index contributed by atoms with van der Waals surface area (Å²) >= 11 is 3.02. The van der Waals surface area contributed by atoms with Gasteiger partial charge in [-0.2, -0.15) is 0 Å². The van der Waals surface area contributed by atoms with E-state index < -0.39 is 17.8 Å². The molecule has 2 rings (SSSR count). The van der Waals surface area contributed by atoms with E-state index in [9.17, 15) is 14.0 Å². The van der Waals surface area contributed by atoms with E-state index in [-0.39, 0.29) is 22.0 Å². The zero-order valence-corrected chi connectivity index (χ0v) is 11.9. The smallest absolute Gasteiger partial charge is 0.326 e. The Bertz CT molecular complexity index is 531. The van der Waals surface area contributed by atoms with E-state index in [1.54, 1.807) is 0 Å². The maximum absolute atomic E-state index is 13.2. The largest absolute Gasteiger partial charge is 0.480 e. The van der Waals surface area contributed by atoms with Crippen LogP contribution >= 0.6 is 15.9 Å². The molecule has 1 aliphatic carbocycles. The number of carboxylic acids is 1. The molecule has 1 fully saturated rings. The van der Waals surface area contributed by atoms with E-state index in [1.165, 1.54) is 30.0 Å². The fraction of sp³-hybridized carbons (Fsp3) is 0.385. The van der Waals surface area contributed by atoms with Crippen LogP contribution in [0.15, 0.2) is 22.7 Å². The zero-order valence-electron chi connectivity index (χ0n) is 10.3. The molecule has 1 aromatic carbocycles. The first kappa shape index (κ1) is 14.0. The highest BCUT2D eigenvalue weighted by atomic mass is 79.9. The van der Waals surface area contributed by atoms with Gasteiger partial charge in [-0.3, -0.25) is 4.79 Å². The third-order valence-corrected chi connectivity index (χ3v) is 3.72. The van der Waals surface area contributed by atoms with Gasteiger partial charge in [-0.15, -0.1) is 0 Å². The highest BCUT2D eigenvalue weighted by Crippen LogP contribution is 2.31. The van der Waals surface area contributed by atoms with Crippen molar-refractivity contribution >= 4 is 27.8 Å². The van der Waals surface area contributed by atoms with E-state index in [4.69, 9.17) is 5.11 Å². The first-order valence-electron chi connectivity index (χ1n) is 5.92. The summed E-state index contributed by atoms with van der Waals surface area (Å²) in [6, 6.07) is 3.02. The van der Waals surface area contributed by atoms with Gasteiger partial charge < -0.3 is 10.0 Å². The normalized spacial score (nSPS) is 15.9. The molecule has 0 saturated heterocycles. The molecule has 0 radical (unpaired) electrons. The van der Waals surface area contributed by atoms with Crippen molar-refractivity contribution in [3.63, 3.8) is 0 Å². The van der Waals surface area contributed by atoms with Crippen LogP contribution < -0.4 is 0 Å². The lowest BCUT2D eigenvalue weighted by Crippen LogP contribution is -2.44. The van der Waals surface area contributed by atoms with Crippen molar-refractivity contribution in [2.75, 3.05) is 0 Å². The van der Waals surface area contributed by atoms with Gasteiger partial charge in [0.05, 0.1) is 4.47 Å². The molecule has 1 N–H and O–H groups in total. The summed E-state index contributed by atoms with van der Waals surface area (Å²) in [6.07, 6.45) is 1.62. The number of carbonyl (C=O) groups is 2. The summed E-state index contributed by atoms with van der Waals surface area (Å²) in [5, 5.41) is 9.06. The van der Waals surface area contributed by atoms with Gasteiger partial charge in [-0.1, -0.05) is 0 Å². The van der Waals surface area contributed by atoms with Crippen LogP contribution in [0.5, 0.6) is 0 Å². The number of nitrogens with zero attached hydrogens (tertiary/aromatic N) is 1. The van der Waals surface area contributed by atoms with E-state index in [2.05, 4.69) is 15.9 Å². The monoisotopic (exact) mass is 329 g/mol. The second-order valence-corrected chi connectivity index (χ2v) is 5.44. The number of halogens is 2. The fourth-order valence-electron chi connectivity index (χ4n) is 1.91. The van der Waals surface area contributed by atoms with Crippen molar-refractivity contribution in [1.29, 1.82) is 0 Å². The molecule has 4 nitrogen and oxygen atoms in total. The Balaban J connectivity index is 2.28. The Kier molecular flexibility index (Phi) is 3.89. The molecule has 1 aliphatic rings. The number of hydrogen-bond donors (Lipinski definition) is 1. The summed E-state index contributed by atoms with van der Waals surface area (Å²) in [5.74, 6) is -1.87. The molecule has 0 aromatic heterocycles.